The minimum atomic E-state index is -0.311. The van der Waals surface area contributed by atoms with Crippen LogP contribution in [0.2, 0.25) is 0 Å². The average molecular weight is 524 g/mol. The van der Waals surface area contributed by atoms with Crippen molar-refractivity contribution in [3.05, 3.63) is 78.9 Å². The molecule has 0 saturated heterocycles. The van der Waals surface area contributed by atoms with Gasteiger partial charge in [0.2, 0.25) is 0 Å². The van der Waals surface area contributed by atoms with Crippen molar-refractivity contribution in [1.82, 2.24) is 14.7 Å². The smallest absolute Gasteiger partial charge is 0.269 e. The van der Waals surface area contributed by atoms with Gasteiger partial charge in [-0.25, -0.2) is 0 Å². The van der Waals surface area contributed by atoms with E-state index < -0.39 is 0 Å². The molecule has 2 heterocycles. The van der Waals surface area contributed by atoms with E-state index in [0.29, 0.717) is 0 Å². The number of fused-ring (bicyclic) bond motifs is 2. The predicted molar refractivity (Wildman–Crippen MR) is 150 cm³/mol. The Morgan fingerprint density at radius 1 is 0.763 bits per heavy atom. The highest BCUT2D eigenvalue weighted by Gasteiger charge is 2.33. The topological polar surface area (TPSA) is 96.0 Å². The molecule has 0 saturated carbocycles. The van der Waals surface area contributed by atoms with E-state index in [1.54, 1.807) is 24.3 Å². The Bertz CT molecular complexity index is 1100. The van der Waals surface area contributed by atoms with Gasteiger partial charge in [-0.3, -0.25) is 30.0 Å². The summed E-state index contributed by atoms with van der Waals surface area (Å²) in [6.45, 7) is 16.2. The number of hydrogen-bond acceptors (Lipinski definition) is 7. The average Bonchev–Trinajstić information content (AvgIpc) is 2.82. The first-order valence-electron chi connectivity index (χ1n) is 13.5. The molecule has 0 aliphatic carbocycles. The van der Waals surface area contributed by atoms with E-state index in [2.05, 4.69) is 49.4 Å². The third-order valence-electron chi connectivity index (χ3n) is 8.11. The van der Waals surface area contributed by atoms with E-state index in [1.165, 1.54) is 11.1 Å². The zero-order valence-electron chi connectivity index (χ0n) is 23.4. The zero-order chi connectivity index (χ0) is 27.7. The van der Waals surface area contributed by atoms with E-state index in [-0.39, 0.29) is 32.1 Å². The minimum absolute atomic E-state index is 0.0319. The Kier molecular flexibility index (Phi) is 8.20. The van der Waals surface area contributed by atoms with Gasteiger partial charge >= 0.3 is 0 Å². The zero-order valence-corrected chi connectivity index (χ0v) is 23.4. The standard InChI is InChI=1S/C29H41N5O4/c1-28(2)20-31(18-22-16-24(33(35)36)8-10-26(22)28)14-6-12-30(5)13-7-15-32-19-23-17-25(34(37)38)9-11-27(23)29(3,4)21-32/h8-11,16-17H,6-7,12-15,18-21H2,1-5H3. The molecule has 0 atom stereocenters. The summed E-state index contributed by atoms with van der Waals surface area (Å²) in [5.74, 6) is 0. The molecule has 2 aromatic carbocycles. The molecule has 0 amide bonds. The van der Waals surface area contributed by atoms with Crippen molar-refractivity contribution in [3.8, 4) is 0 Å². The highest BCUT2D eigenvalue weighted by molar-refractivity contribution is 5.45. The van der Waals surface area contributed by atoms with E-state index in [4.69, 9.17) is 0 Å². The van der Waals surface area contributed by atoms with Gasteiger partial charge in [-0.05, 0) is 68.3 Å². The Balaban J connectivity index is 1.23. The van der Waals surface area contributed by atoms with Crippen molar-refractivity contribution in [1.29, 1.82) is 0 Å². The number of nitrogens with zero attached hydrogens (tertiary/aromatic N) is 5. The summed E-state index contributed by atoms with van der Waals surface area (Å²) in [7, 11) is 2.16. The number of benzene rings is 2. The maximum absolute atomic E-state index is 11.2. The first-order valence-corrected chi connectivity index (χ1v) is 13.5. The van der Waals surface area contributed by atoms with Gasteiger partial charge < -0.3 is 4.90 Å². The van der Waals surface area contributed by atoms with Gasteiger partial charge in [0.1, 0.15) is 0 Å². The Morgan fingerprint density at radius 3 is 1.53 bits per heavy atom. The van der Waals surface area contributed by atoms with Crippen LogP contribution in [0.25, 0.3) is 0 Å². The summed E-state index contributed by atoms with van der Waals surface area (Å²) < 4.78 is 0. The summed E-state index contributed by atoms with van der Waals surface area (Å²) in [6, 6.07) is 10.6. The number of rotatable bonds is 10. The lowest BCUT2D eigenvalue weighted by Gasteiger charge is -2.40. The van der Waals surface area contributed by atoms with Crippen LogP contribution in [0.4, 0.5) is 11.4 Å². The quantitative estimate of drug-likeness (QED) is 0.316. The van der Waals surface area contributed by atoms with E-state index >= 15 is 0 Å². The molecule has 0 fully saturated rings. The minimum Gasteiger partial charge on any atom is -0.306 e. The van der Waals surface area contributed by atoms with Gasteiger partial charge in [-0.2, -0.15) is 0 Å². The number of nitro groups is 2. The van der Waals surface area contributed by atoms with Crippen LogP contribution in [0.5, 0.6) is 0 Å². The molecule has 9 heteroatoms. The first-order chi connectivity index (χ1) is 17.9. The fourth-order valence-electron chi connectivity index (χ4n) is 6.41. The molecule has 0 unspecified atom stereocenters. The summed E-state index contributed by atoms with van der Waals surface area (Å²) >= 11 is 0. The SMILES string of the molecule is CN(CCCN1Cc2cc([N+](=O)[O-])ccc2C(C)(C)C1)CCCN1Cc2cc([N+](=O)[O-])ccc2C(C)(C)C1. The third kappa shape index (κ3) is 6.39. The fraction of sp³-hybridized carbons (Fsp3) is 0.586. The van der Waals surface area contributed by atoms with Gasteiger partial charge in [0.15, 0.2) is 0 Å². The van der Waals surface area contributed by atoms with Crippen molar-refractivity contribution >= 4 is 11.4 Å². The highest BCUT2D eigenvalue weighted by Crippen LogP contribution is 2.36. The Morgan fingerprint density at radius 2 is 1.16 bits per heavy atom. The Hall–Kier alpha value is -2.88. The number of nitro benzene ring substituents is 2. The Labute approximate surface area is 225 Å². The highest BCUT2D eigenvalue weighted by atomic mass is 16.6. The number of hydrogen-bond donors (Lipinski definition) is 0. The van der Waals surface area contributed by atoms with Crippen molar-refractivity contribution in [2.45, 2.75) is 64.5 Å². The molecule has 2 aliphatic heterocycles. The summed E-state index contributed by atoms with van der Waals surface area (Å²) in [6.07, 6.45) is 2.09. The molecule has 4 rings (SSSR count). The molecular weight excluding hydrogens is 482 g/mol. The molecule has 38 heavy (non-hydrogen) atoms. The summed E-state index contributed by atoms with van der Waals surface area (Å²) in [4.78, 5) is 29.1. The van der Waals surface area contributed by atoms with Crippen LogP contribution < -0.4 is 0 Å². The van der Waals surface area contributed by atoms with Crippen LogP contribution in [0.15, 0.2) is 36.4 Å². The van der Waals surface area contributed by atoms with Crippen LogP contribution in [-0.2, 0) is 23.9 Å². The van der Waals surface area contributed by atoms with Gasteiger partial charge in [-0.15, -0.1) is 0 Å². The third-order valence-corrected chi connectivity index (χ3v) is 8.11. The molecule has 2 aliphatic rings. The van der Waals surface area contributed by atoms with Gasteiger partial charge in [-0.1, -0.05) is 39.8 Å². The molecule has 206 valence electrons. The second-order valence-corrected chi connectivity index (χ2v) is 12.4. The van der Waals surface area contributed by atoms with E-state index in [0.717, 1.165) is 76.3 Å². The van der Waals surface area contributed by atoms with E-state index in [1.807, 2.05) is 12.1 Å². The van der Waals surface area contributed by atoms with Crippen molar-refractivity contribution in [2.24, 2.45) is 0 Å². The molecule has 2 aromatic rings. The molecule has 0 aromatic heterocycles. The fourth-order valence-corrected chi connectivity index (χ4v) is 6.41. The van der Waals surface area contributed by atoms with Crippen LogP contribution in [0.3, 0.4) is 0 Å². The van der Waals surface area contributed by atoms with Gasteiger partial charge in [0, 0.05) is 61.3 Å². The maximum Gasteiger partial charge on any atom is 0.269 e. The van der Waals surface area contributed by atoms with Crippen molar-refractivity contribution < 1.29 is 9.85 Å². The molecule has 0 N–H and O–H groups in total. The molecule has 0 bridgehead atoms. The number of non-ortho nitro benzene ring substituents is 2. The largest absolute Gasteiger partial charge is 0.306 e. The van der Waals surface area contributed by atoms with Crippen LogP contribution in [0.1, 0.15) is 62.8 Å². The normalized spacial score (nSPS) is 18.7. The molecule has 9 nitrogen and oxygen atoms in total. The van der Waals surface area contributed by atoms with Crippen molar-refractivity contribution in [3.63, 3.8) is 0 Å². The first kappa shape index (κ1) is 28.1. The molecule has 0 spiro atoms. The van der Waals surface area contributed by atoms with Gasteiger partial charge in [0.25, 0.3) is 11.4 Å². The van der Waals surface area contributed by atoms with E-state index in [9.17, 15) is 20.2 Å². The van der Waals surface area contributed by atoms with Gasteiger partial charge in [0.05, 0.1) is 9.85 Å². The maximum atomic E-state index is 11.2. The lowest BCUT2D eigenvalue weighted by molar-refractivity contribution is -0.385. The van der Waals surface area contributed by atoms with Crippen LogP contribution in [-0.4, -0.2) is 70.9 Å². The lowest BCUT2D eigenvalue weighted by Crippen LogP contribution is -2.43. The molecular formula is C29H41N5O4. The predicted octanol–water partition coefficient (Wildman–Crippen LogP) is 5.10. The second kappa shape index (κ2) is 11.1. The second-order valence-electron chi connectivity index (χ2n) is 12.4. The molecule has 0 radical (unpaired) electrons. The van der Waals surface area contributed by atoms with Crippen LogP contribution in [0, 0.1) is 20.2 Å². The van der Waals surface area contributed by atoms with Crippen molar-refractivity contribution in [2.75, 3.05) is 46.3 Å². The summed E-state index contributed by atoms with van der Waals surface area (Å²) in [5.41, 5.74) is 4.84. The summed E-state index contributed by atoms with van der Waals surface area (Å²) in [5, 5.41) is 22.5. The monoisotopic (exact) mass is 523 g/mol. The lowest BCUT2D eigenvalue weighted by atomic mass is 9.78. The van der Waals surface area contributed by atoms with Crippen LogP contribution >= 0.6 is 0 Å².